The third-order valence-electron chi connectivity index (χ3n) is 2.47. The summed E-state index contributed by atoms with van der Waals surface area (Å²) in [6.07, 6.45) is 4.97. The molecule has 2 heterocycles. The van der Waals surface area contributed by atoms with Gasteiger partial charge in [-0.1, -0.05) is 12.2 Å². The van der Waals surface area contributed by atoms with Crippen LogP contribution in [-0.4, -0.2) is 35.2 Å². The van der Waals surface area contributed by atoms with Crippen molar-refractivity contribution in [2.24, 2.45) is 5.92 Å². The molecule has 4 nitrogen and oxygen atoms in total. The smallest absolute Gasteiger partial charge is 0.322 e. The monoisotopic (exact) mass is 168 g/mol. The van der Waals surface area contributed by atoms with Gasteiger partial charge in [0.2, 0.25) is 0 Å². The van der Waals surface area contributed by atoms with Crippen LogP contribution < -0.4 is 5.43 Å². The largest absolute Gasteiger partial charge is 0.480 e. The molecule has 66 valence electrons. The summed E-state index contributed by atoms with van der Waals surface area (Å²) < 4.78 is 0. The molecule has 0 aromatic heterocycles. The van der Waals surface area contributed by atoms with Gasteiger partial charge in [0, 0.05) is 19.0 Å². The molecule has 3 atom stereocenters. The zero-order chi connectivity index (χ0) is 8.55. The van der Waals surface area contributed by atoms with Gasteiger partial charge in [0.1, 0.15) is 6.04 Å². The lowest BCUT2D eigenvalue weighted by Gasteiger charge is -2.40. The lowest BCUT2D eigenvalue weighted by Crippen LogP contribution is -2.58. The van der Waals surface area contributed by atoms with Gasteiger partial charge in [-0.25, -0.2) is 5.01 Å². The van der Waals surface area contributed by atoms with E-state index < -0.39 is 5.97 Å². The third-order valence-corrected chi connectivity index (χ3v) is 2.47. The quantitative estimate of drug-likeness (QED) is 0.534. The van der Waals surface area contributed by atoms with Crippen LogP contribution >= 0.6 is 0 Å². The van der Waals surface area contributed by atoms with Gasteiger partial charge in [-0.05, 0) is 6.42 Å². The Labute approximate surface area is 70.8 Å². The third kappa shape index (κ3) is 1.13. The number of hydrogen-bond donors (Lipinski definition) is 2. The second-order valence-electron chi connectivity index (χ2n) is 3.22. The van der Waals surface area contributed by atoms with Crippen LogP contribution in [-0.2, 0) is 4.79 Å². The highest BCUT2D eigenvalue weighted by atomic mass is 16.4. The van der Waals surface area contributed by atoms with Gasteiger partial charge >= 0.3 is 5.97 Å². The molecule has 0 saturated carbocycles. The first-order valence-corrected chi connectivity index (χ1v) is 4.18. The van der Waals surface area contributed by atoms with Crippen molar-refractivity contribution in [1.29, 1.82) is 0 Å². The van der Waals surface area contributed by atoms with Gasteiger partial charge < -0.3 is 5.11 Å². The Hall–Kier alpha value is -0.870. The average molecular weight is 168 g/mol. The summed E-state index contributed by atoms with van der Waals surface area (Å²) in [4.78, 5) is 10.9. The van der Waals surface area contributed by atoms with Crippen LogP contribution in [0.25, 0.3) is 0 Å². The number of carboxylic acid groups (broad SMARTS) is 1. The summed E-state index contributed by atoms with van der Waals surface area (Å²) in [5, 5.41) is 10.7. The van der Waals surface area contributed by atoms with Gasteiger partial charge in [0.15, 0.2) is 0 Å². The van der Waals surface area contributed by atoms with Crippen LogP contribution in [0.5, 0.6) is 0 Å². The highest BCUT2D eigenvalue weighted by Crippen LogP contribution is 2.23. The maximum atomic E-state index is 10.9. The van der Waals surface area contributed by atoms with Crippen molar-refractivity contribution in [2.45, 2.75) is 12.5 Å². The first kappa shape index (κ1) is 7.76. The zero-order valence-corrected chi connectivity index (χ0v) is 6.73. The second-order valence-corrected chi connectivity index (χ2v) is 3.22. The van der Waals surface area contributed by atoms with E-state index in [1.807, 2.05) is 12.2 Å². The Morgan fingerprint density at radius 3 is 3.08 bits per heavy atom. The number of aliphatic carboxylic acids is 1. The normalized spacial score (nSPS) is 39.5. The van der Waals surface area contributed by atoms with Crippen molar-refractivity contribution in [3.8, 4) is 0 Å². The molecule has 2 bridgehead atoms. The van der Waals surface area contributed by atoms with Gasteiger partial charge in [-0.2, -0.15) is 0 Å². The molecule has 2 aliphatic heterocycles. The van der Waals surface area contributed by atoms with Crippen molar-refractivity contribution < 1.29 is 9.90 Å². The first-order chi connectivity index (χ1) is 5.79. The number of carbonyl (C=O) groups is 1. The molecule has 1 fully saturated rings. The maximum Gasteiger partial charge on any atom is 0.322 e. The van der Waals surface area contributed by atoms with Crippen LogP contribution in [0, 0.1) is 5.92 Å². The van der Waals surface area contributed by atoms with E-state index in [2.05, 4.69) is 5.43 Å². The van der Waals surface area contributed by atoms with Gasteiger partial charge in [-0.3, -0.25) is 10.2 Å². The summed E-state index contributed by atoms with van der Waals surface area (Å²) in [5.74, 6) is -0.533. The van der Waals surface area contributed by atoms with Crippen molar-refractivity contribution in [3.63, 3.8) is 0 Å². The highest BCUT2D eigenvalue weighted by molar-refractivity contribution is 5.74. The topological polar surface area (TPSA) is 52.6 Å². The predicted molar refractivity (Wildman–Crippen MR) is 43.4 cm³/mol. The minimum atomic E-state index is -0.725. The van der Waals surface area contributed by atoms with E-state index in [-0.39, 0.29) is 12.0 Å². The fourth-order valence-electron chi connectivity index (χ4n) is 1.91. The molecule has 0 radical (unpaired) electrons. The maximum absolute atomic E-state index is 10.9. The molecule has 0 aliphatic carbocycles. The number of carboxylic acids is 1. The molecule has 0 aromatic carbocycles. The molecule has 3 unspecified atom stereocenters. The molecule has 0 amide bonds. The van der Waals surface area contributed by atoms with E-state index in [4.69, 9.17) is 5.11 Å². The van der Waals surface area contributed by atoms with Crippen LogP contribution in [0.15, 0.2) is 12.2 Å². The van der Waals surface area contributed by atoms with Gasteiger partial charge in [-0.15, -0.1) is 0 Å². The molecular weight excluding hydrogens is 156 g/mol. The zero-order valence-electron chi connectivity index (χ0n) is 6.73. The van der Waals surface area contributed by atoms with Crippen molar-refractivity contribution >= 4 is 5.97 Å². The van der Waals surface area contributed by atoms with Crippen molar-refractivity contribution in [3.05, 3.63) is 12.2 Å². The van der Waals surface area contributed by atoms with E-state index in [1.54, 1.807) is 5.01 Å². The standard InChI is InChI=1S/C8H12N2O2/c11-8(12)7-6-2-1-5-10(7)9-4-3-6/h1-2,6-7,9H,3-5H2,(H,11,12). The SMILES string of the molecule is O=C(O)C1C2C=CCN1NCC2. The van der Waals surface area contributed by atoms with E-state index in [9.17, 15) is 4.79 Å². The Morgan fingerprint density at radius 1 is 1.67 bits per heavy atom. The molecule has 4 heteroatoms. The van der Waals surface area contributed by atoms with E-state index in [1.165, 1.54) is 0 Å². The van der Waals surface area contributed by atoms with Crippen LogP contribution in [0.3, 0.4) is 0 Å². The molecule has 2 rings (SSSR count). The summed E-state index contributed by atoms with van der Waals surface area (Å²) in [6.45, 7) is 1.59. The second kappa shape index (κ2) is 2.88. The molecule has 2 N–H and O–H groups in total. The minimum Gasteiger partial charge on any atom is -0.480 e. The van der Waals surface area contributed by atoms with Gasteiger partial charge in [0.25, 0.3) is 0 Å². The van der Waals surface area contributed by atoms with Crippen LogP contribution in [0.4, 0.5) is 0 Å². The number of nitrogens with one attached hydrogen (secondary N) is 1. The van der Waals surface area contributed by atoms with Crippen LogP contribution in [0.1, 0.15) is 6.42 Å². The Morgan fingerprint density at radius 2 is 2.50 bits per heavy atom. The summed E-state index contributed by atoms with van der Waals surface area (Å²) in [6, 6.07) is -0.358. The number of hydrogen-bond acceptors (Lipinski definition) is 3. The Kier molecular flexibility index (Phi) is 1.86. The molecule has 0 spiro atoms. The van der Waals surface area contributed by atoms with Crippen LogP contribution in [0.2, 0.25) is 0 Å². The lowest BCUT2D eigenvalue weighted by molar-refractivity contribution is -0.148. The molecule has 0 aromatic rings. The fraction of sp³-hybridized carbons (Fsp3) is 0.625. The Balaban J connectivity index is 2.22. The predicted octanol–water partition coefficient (Wildman–Crippen LogP) is -0.164. The number of hydrazine groups is 1. The lowest BCUT2D eigenvalue weighted by atomic mass is 9.91. The minimum absolute atomic E-state index is 0.192. The van der Waals surface area contributed by atoms with E-state index in [0.29, 0.717) is 6.54 Å². The molecular formula is C8H12N2O2. The summed E-state index contributed by atoms with van der Waals surface area (Å²) in [7, 11) is 0. The van der Waals surface area contributed by atoms with E-state index >= 15 is 0 Å². The highest BCUT2D eigenvalue weighted by Gasteiger charge is 2.36. The van der Waals surface area contributed by atoms with Crippen molar-refractivity contribution in [1.82, 2.24) is 10.4 Å². The fourth-order valence-corrected chi connectivity index (χ4v) is 1.91. The number of rotatable bonds is 1. The first-order valence-electron chi connectivity index (χ1n) is 4.18. The molecule has 1 saturated heterocycles. The molecule has 12 heavy (non-hydrogen) atoms. The summed E-state index contributed by atoms with van der Waals surface area (Å²) >= 11 is 0. The summed E-state index contributed by atoms with van der Waals surface area (Å²) in [5.41, 5.74) is 3.08. The molecule has 2 aliphatic rings. The van der Waals surface area contributed by atoms with E-state index in [0.717, 1.165) is 13.0 Å². The Bertz CT molecular complexity index is 227. The number of fused-ring (bicyclic) bond motifs is 2. The average Bonchev–Trinajstić information content (AvgIpc) is 2.02. The van der Waals surface area contributed by atoms with Crippen molar-refractivity contribution in [2.75, 3.05) is 13.1 Å². The number of nitrogens with zero attached hydrogens (tertiary/aromatic N) is 1. The van der Waals surface area contributed by atoms with Gasteiger partial charge in [0.05, 0.1) is 0 Å².